The molecule has 0 saturated heterocycles. The van der Waals surface area contributed by atoms with Gasteiger partial charge in [0.2, 0.25) is 11.7 Å². The Bertz CT molecular complexity index is 1150. The van der Waals surface area contributed by atoms with Crippen LogP contribution in [0.3, 0.4) is 0 Å². The van der Waals surface area contributed by atoms with Crippen LogP contribution >= 0.6 is 0 Å². The molecule has 0 saturated carbocycles. The number of benzene rings is 2. The first-order chi connectivity index (χ1) is 14.7. The first-order valence-corrected chi connectivity index (χ1v) is 9.24. The number of aromatic nitrogens is 3. The van der Waals surface area contributed by atoms with E-state index >= 15 is 0 Å². The zero-order chi connectivity index (χ0) is 20.9. The molecular formula is C22H20N4O4. The Morgan fingerprint density at radius 1 is 1.07 bits per heavy atom. The molecule has 0 spiro atoms. The van der Waals surface area contributed by atoms with Crippen molar-refractivity contribution in [2.45, 2.75) is 6.54 Å². The number of hydrogen-bond acceptors (Lipinski definition) is 6. The van der Waals surface area contributed by atoms with Gasteiger partial charge >= 0.3 is 0 Å². The molecule has 2 heterocycles. The van der Waals surface area contributed by atoms with E-state index in [1.165, 1.54) is 7.11 Å². The molecule has 8 nitrogen and oxygen atoms in total. The molecule has 8 heteroatoms. The molecule has 152 valence electrons. The van der Waals surface area contributed by atoms with Gasteiger partial charge in [-0.1, -0.05) is 35.5 Å². The molecule has 0 bridgehead atoms. The second kappa shape index (κ2) is 8.52. The first kappa shape index (κ1) is 19.3. The molecule has 1 N–H and O–H groups in total. The van der Waals surface area contributed by atoms with Crippen molar-refractivity contribution in [2.75, 3.05) is 19.5 Å². The van der Waals surface area contributed by atoms with E-state index in [9.17, 15) is 4.79 Å². The zero-order valence-electron chi connectivity index (χ0n) is 16.5. The van der Waals surface area contributed by atoms with E-state index in [1.807, 2.05) is 42.5 Å². The van der Waals surface area contributed by atoms with E-state index in [1.54, 1.807) is 36.1 Å². The third-order valence-corrected chi connectivity index (χ3v) is 4.50. The molecule has 4 rings (SSSR count). The number of ether oxygens (including phenoxy) is 2. The molecule has 2 aromatic heterocycles. The second-order valence-electron chi connectivity index (χ2n) is 6.42. The van der Waals surface area contributed by atoms with Gasteiger partial charge in [-0.3, -0.25) is 4.79 Å². The van der Waals surface area contributed by atoms with Gasteiger partial charge in [-0.25, -0.2) is 0 Å². The van der Waals surface area contributed by atoms with Crippen molar-refractivity contribution in [3.8, 4) is 34.5 Å². The van der Waals surface area contributed by atoms with Crippen LogP contribution in [0.15, 0.2) is 71.4 Å². The maximum Gasteiger partial charge on any atom is 0.274 e. The SMILES string of the molecule is COc1ccc(NC(=O)Cn2cccc2-c2nc(-c3ccccc3)no2)c(OC)c1. The lowest BCUT2D eigenvalue weighted by Crippen LogP contribution is -2.19. The van der Waals surface area contributed by atoms with Gasteiger partial charge < -0.3 is 23.9 Å². The summed E-state index contributed by atoms with van der Waals surface area (Å²) in [7, 11) is 3.11. The smallest absolute Gasteiger partial charge is 0.274 e. The van der Waals surface area contributed by atoms with E-state index < -0.39 is 0 Å². The molecule has 0 radical (unpaired) electrons. The van der Waals surface area contributed by atoms with Gasteiger partial charge in [-0.2, -0.15) is 4.98 Å². The van der Waals surface area contributed by atoms with Crippen LogP contribution in [0.2, 0.25) is 0 Å². The molecule has 1 amide bonds. The fourth-order valence-electron chi connectivity index (χ4n) is 3.02. The van der Waals surface area contributed by atoms with Crippen LogP contribution in [0, 0.1) is 0 Å². The Kier molecular flexibility index (Phi) is 5.47. The van der Waals surface area contributed by atoms with E-state index in [4.69, 9.17) is 14.0 Å². The van der Waals surface area contributed by atoms with E-state index in [2.05, 4.69) is 15.5 Å². The van der Waals surface area contributed by atoms with Crippen molar-refractivity contribution in [1.82, 2.24) is 14.7 Å². The molecule has 0 unspecified atom stereocenters. The minimum absolute atomic E-state index is 0.0700. The summed E-state index contributed by atoms with van der Waals surface area (Å²) in [5.41, 5.74) is 2.07. The van der Waals surface area contributed by atoms with E-state index in [0.29, 0.717) is 34.6 Å². The lowest BCUT2D eigenvalue weighted by Gasteiger charge is -2.12. The Morgan fingerprint density at radius 3 is 2.67 bits per heavy atom. The number of nitrogens with zero attached hydrogens (tertiary/aromatic N) is 3. The summed E-state index contributed by atoms with van der Waals surface area (Å²) >= 11 is 0. The van der Waals surface area contributed by atoms with Crippen LogP contribution in [0.5, 0.6) is 11.5 Å². The lowest BCUT2D eigenvalue weighted by molar-refractivity contribution is -0.116. The highest BCUT2D eigenvalue weighted by atomic mass is 16.5. The Labute approximate surface area is 173 Å². The van der Waals surface area contributed by atoms with Crippen molar-refractivity contribution in [3.05, 3.63) is 66.9 Å². The van der Waals surface area contributed by atoms with Crippen LogP contribution < -0.4 is 14.8 Å². The fraction of sp³-hybridized carbons (Fsp3) is 0.136. The van der Waals surface area contributed by atoms with Gasteiger partial charge in [0, 0.05) is 17.8 Å². The average molecular weight is 404 g/mol. The normalized spacial score (nSPS) is 10.6. The fourth-order valence-corrected chi connectivity index (χ4v) is 3.02. The molecular weight excluding hydrogens is 384 g/mol. The Balaban J connectivity index is 1.51. The third-order valence-electron chi connectivity index (χ3n) is 4.50. The lowest BCUT2D eigenvalue weighted by atomic mass is 10.2. The number of rotatable bonds is 7. The quantitative estimate of drug-likeness (QED) is 0.503. The van der Waals surface area contributed by atoms with Gasteiger partial charge in [-0.15, -0.1) is 0 Å². The number of anilines is 1. The van der Waals surface area contributed by atoms with E-state index in [-0.39, 0.29) is 12.5 Å². The van der Waals surface area contributed by atoms with Crippen LogP contribution in [0.1, 0.15) is 0 Å². The molecule has 0 atom stereocenters. The maximum atomic E-state index is 12.6. The predicted molar refractivity (Wildman–Crippen MR) is 111 cm³/mol. The summed E-state index contributed by atoms with van der Waals surface area (Å²) in [6.45, 7) is 0.0700. The number of methoxy groups -OCH3 is 2. The van der Waals surface area contributed by atoms with Gasteiger partial charge in [0.1, 0.15) is 23.7 Å². The van der Waals surface area contributed by atoms with E-state index in [0.717, 1.165) is 5.56 Å². The minimum Gasteiger partial charge on any atom is -0.497 e. The van der Waals surface area contributed by atoms with Crippen molar-refractivity contribution < 1.29 is 18.8 Å². The van der Waals surface area contributed by atoms with Gasteiger partial charge in [0.15, 0.2) is 0 Å². The maximum absolute atomic E-state index is 12.6. The predicted octanol–water partition coefficient (Wildman–Crippen LogP) is 3.86. The number of amides is 1. The zero-order valence-corrected chi connectivity index (χ0v) is 16.5. The van der Waals surface area contributed by atoms with Crippen molar-refractivity contribution in [2.24, 2.45) is 0 Å². The summed E-state index contributed by atoms with van der Waals surface area (Å²) in [6, 6.07) is 18.4. The van der Waals surface area contributed by atoms with Crippen LogP contribution in [-0.4, -0.2) is 34.8 Å². The summed E-state index contributed by atoms with van der Waals surface area (Å²) in [5.74, 6) is 1.76. The average Bonchev–Trinajstić information content (AvgIpc) is 3.44. The van der Waals surface area contributed by atoms with Gasteiger partial charge in [0.05, 0.1) is 19.9 Å². The number of carbonyl (C=O) groups excluding carboxylic acids is 1. The Hall–Kier alpha value is -4.07. The highest BCUT2D eigenvalue weighted by Gasteiger charge is 2.16. The Morgan fingerprint density at radius 2 is 1.90 bits per heavy atom. The monoisotopic (exact) mass is 404 g/mol. The van der Waals surface area contributed by atoms with Crippen molar-refractivity contribution in [3.63, 3.8) is 0 Å². The van der Waals surface area contributed by atoms with Crippen LogP contribution in [-0.2, 0) is 11.3 Å². The molecule has 0 aliphatic rings. The van der Waals surface area contributed by atoms with Crippen LogP contribution in [0.4, 0.5) is 5.69 Å². The summed E-state index contributed by atoms with van der Waals surface area (Å²) in [4.78, 5) is 17.1. The molecule has 0 aliphatic carbocycles. The summed E-state index contributed by atoms with van der Waals surface area (Å²) < 4.78 is 17.7. The number of hydrogen-bond donors (Lipinski definition) is 1. The first-order valence-electron chi connectivity index (χ1n) is 9.24. The standard InChI is InChI=1S/C22H20N4O4/c1-28-16-10-11-17(19(13-16)29-2)23-20(27)14-26-12-6-9-18(26)22-24-21(25-30-22)15-7-4-3-5-8-15/h3-13H,14H2,1-2H3,(H,23,27). The van der Waals surface area contributed by atoms with Gasteiger partial charge in [-0.05, 0) is 24.3 Å². The summed E-state index contributed by atoms with van der Waals surface area (Å²) in [6.07, 6.45) is 1.78. The van der Waals surface area contributed by atoms with Gasteiger partial charge in [0.25, 0.3) is 5.89 Å². The minimum atomic E-state index is -0.223. The summed E-state index contributed by atoms with van der Waals surface area (Å²) in [5, 5.41) is 6.89. The molecule has 4 aromatic rings. The number of nitrogens with one attached hydrogen (secondary N) is 1. The molecule has 0 fully saturated rings. The molecule has 2 aromatic carbocycles. The number of carbonyl (C=O) groups is 1. The van der Waals surface area contributed by atoms with Crippen molar-refractivity contribution >= 4 is 11.6 Å². The molecule has 30 heavy (non-hydrogen) atoms. The highest BCUT2D eigenvalue weighted by molar-refractivity contribution is 5.92. The third kappa shape index (κ3) is 4.02. The second-order valence-corrected chi connectivity index (χ2v) is 6.42. The topological polar surface area (TPSA) is 91.4 Å². The van der Waals surface area contributed by atoms with Crippen LogP contribution in [0.25, 0.3) is 23.0 Å². The largest absolute Gasteiger partial charge is 0.497 e. The molecule has 0 aliphatic heterocycles. The highest BCUT2D eigenvalue weighted by Crippen LogP contribution is 2.29. The van der Waals surface area contributed by atoms with Crippen molar-refractivity contribution in [1.29, 1.82) is 0 Å².